The summed E-state index contributed by atoms with van der Waals surface area (Å²) >= 11 is 0. The highest BCUT2D eigenvalue weighted by Crippen LogP contribution is 2.27. The van der Waals surface area contributed by atoms with Gasteiger partial charge in [0, 0.05) is 42.3 Å². The zero-order valence-corrected chi connectivity index (χ0v) is 19.3. The van der Waals surface area contributed by atoms with E-state index in [2.05, 4.69) is 15.1 Å². The van der Waals surface area contributed by atoms with Crippen LogP contribution in [0.4, 0.5) is 11.6 Å². The van der Waals surface area contributed by atoms with Crippen LogP contribution in [0.2, 0.25) is 0 Å². The van der Waals surface area contributed by atoms with Crippen LogP contribution in [-0.2, 0) is 0 Å². The van der Waals surface area contributed by atoms with E-state index in [0.29, 0.717) is 39.9 Å². The summed E-state index contributed by atoms with van der Waals surface area (Å²) < 4.78 is 1.63. The maximum absolute atomic E-state index is 13.0. The molecule has 0 unspecified atom stereocenters. The lowest BCUT2D eigenvalue weighted by atomic mass is 10.1. The third kappa shape index (κ3) is 5.23. The molecule has 4 aromatic heterocycles. The number of aldehydes is 1. The zero-order valence-electron chi connectivity index (χ0n) is 19.3. The maximum atomic E-state index is 13.0. The number of pyridine rings is 3. The molecule has 1 amide bonds. The second kappa shape index (κ2) is 10.3. The normalized spacial score (nSPS) is 10.4. The van der Waals surface area contributed by atoms with E-state index in [4.69, 9.17) is 11.0 Å². The Kier molecular flexibility index (Phi) is 7.30. The number of nitrogen functional groups attached to an aromatic ring is 1. The largest absolute Gasteiger partial charge is 0.383 e. The number of aromatic nitrogens is 4. The lowest BCUT2D eigenvalue weighted by molar-refractivity contribution is 0.0992. The summed E-state index contributed by atoms with van der Waals surface area (Å²) in [7, 11) is 7.61. The van der Waals surface area contributed by atoms with Crippen LogP contribution >= 0.6 is 0 Å². The van der Waals surface area contributed by atoms with Crippen LogP contribution in [0.25, 0.3) is 16.6 Å². The predicted octanol–water partition coefficient (Wildman–Crippen LogP) is 2.51. The fourth-order valence-corrected chi connectivity index (χ4v) is 3.02. The fourth-order valence-electron chi connectivity index (χ4n) is 3.02. The molecule has 4 heterocycles. The van der Waals surface area contributed by atoms with E-state index in [1.54, 1.807) is 60.5 Å². The molecule has 0 aliphatic heterocycles. The fraction of sp³-hybridized carbons (Fsp3) is 0.167. The smallest absolute Gasteiger partial charge is 0.259 e. The first kappa shape index (κ1) is 24.0. The number of anilines is 2. The Hall–Kier alpha value is -4.62. The maximum Gasteiger partial charge on any atom is 0.259 e. The van der Waals surface area contributed by atoms with Gasteiger partial charge in [0.2, 0.25) is 0 Å². The second-order valence-electron chi connectivity index (χ2n) is 7.84. The summed E-state index contributed by atoms with van der Waals surface area (Å²) in [6.07, 6.45) is 6.93. The number of nitrogens with two attached hydrogens (primary N) is 1. The summed E-state index contributed by atoms with van der Waals surface area (Å²) in [5, 5.41) is 13.2. The quantitative estimate of drug-likeness (QED) is 0.463. The molecule has 0 aliphatic rings. The highest BCUT2D eigenvalue weighted by atomic mass is 16.2. The monoisotopic (exact) mass is 456 g/mol. The SMILES string of the molecule is CN(C(=O)c1ccn2ncc(-c3cnc(N)c(C=O)c3)c2c1)c1ccc(C#N)cn1.CN(C)C. The van der Waals surface area contributed by atoms with Crippen LogP contribution in [-0.4, -0.2) is 64.9 Å². The van der Waals surface area contributed by atoms with Crippen LogP contribution in [0.15, 0.2) is 55.1 Å². The van der Waals surface area contributed by atoms with Crippen molar-refractivity contribution >= 4 is 29.3 Å². The van der Waals surface area contributed by atoms with E-state index in [0.717, 1.165) is 0 Å². The molecule has 10 heteroatoms. The van der Waals surface area contributed by atoms with Crippen LogP contribution in [0.5, 0.6) is 0 Å². The topological polar surface area (TPSA) is 134 Å². The molecule has 34 heavy (non-hydrogen) atoms. The van der Waals surface area contributed by atoms with Gasteiger partial charge < -0.3 is 10.6 Å². The molecule has 172 valence electrons. The van der Waals surface area contributed by atoms with Crippen molar-refractivity contribution in [1.29, 1.82) is 5.26 Å². The van der Waals surface area contributed by atoms with E-state index in [9.17, 15) is 9.59 Å². The first-order valence-corrected chi connectivity index (χ1v) is 10.2. The summed E-state index contributed by atoms with van der Waals surface area (Å²) in [5.74, 6) is 0.300. The molecule has 2 N–H and O–H groups in total. The Bertz CT molecular complexity index is 1370. The summed E-state index contributed by atoms with van der Waals surface area (Å²) in [4.78, 5) is 35.8. The molecule has 0 spiro atoms. The number of hydrogen-bond donors (Lipinski definition) is 1. The van der Waals surface area contributed by atoms with Crippen molar-refractivity contribution in [2.45, 2.75) is 0 Å². The summed E-state index contributed by atoms with van der Waals surface area (Å²) in [6, 6.07) is 10.2. The molecule has 0 bridgehead atoms. The van der Waals surface area contributed by atoms with Gasteiger partial charge in [0.15, 0.2) is 6.29 Å². The zero-order chi connectivity index (χ0) is 24.8. The van der Waals surface area contributed by atoms with Gasteiger partial charge >= 0.3 is 0 Å². The lowest BCUT2D eigenvalue weighted by Gasteiger charge is -2.16. The van der Waals surface area contributed by atoms with Crippen molar-refractivity contribution in [1.82, 2.24) is 24.5 Å². The number of nitrogens with zero attached hydrogens (tertiary/aromatic N) is 7. The van der Waals surface area contributed by atoms with Gasteiger partial charge in [0.05, 0.1) is 22.8 Å². The number of amides is 1. The average Bonchev–Trinajstić information content (AvgIpc) is 3.26. The van der Waals surface area contributed by atoms with Gasteiger partial charge in [-0.15, -0.1) is 0 Å². The Morgan fingerprint density at radius 2 is 1.82 bits per heavy atom. The first-order valence-electron chi connectivity index (χ1n) is 10.2. The highest BCUT2D eigenvalue weighted by Gasteiger charge is 2.17. The molecule has 0 aromatic carbocycles. The summed E-state index contributed by atoms with van der Waals surface area (Å²) in [6.45, 7) is 0. The Balaban J connectivity index is 0.000000751. The van der Waals surface area contributed by atoms with E-state index in [1.165, 1.54) is 11.1 Å². The van der Waals surface area contributed by atoms with Crippen molar-refractivity contribution in [3.8, 4) is 17.2 Å². The van der Waals surface area contributed by atoms with E-state index in [1.807, 2.05) is 32.1 Å². The molecular formula is C24H24N8O2. The third-order valence-electron chi connectivity index (χ3n) is 4.68. The van der Waals surface area contributed by atoms with Gasteiger partial charge in [-0.2, -0.15) is 10.4 Å². The molecule has 0 saturated heterocycles. The molecule has 0 radical (unpaired) electrons. The van der Waals surface area contributed by atoms with Crippen LogP contribution in [0, 0.1) is 11.3 Å². The Labute approximate surface area is 196 Å². The lowest BCUT2D eigenvalue weighted by Crippen LogP contribution is -2.27. The molecule has 0 atom stereocenters. The summed E-state index contributed by atoms with van der Waals surface area (Å²) in [5.41, 5.74) is 8.86. The van der Waals surface area contributed by atoms with Crippen molar-refractivity contribution in [2.24, 2.45) is 0 Å². The minimum atomic E-state index is -0.272. The van der Waals surface area contributed by atoms with Gasteiger partial charge in [0.1, 0.15) is 17.7 Å². The molecule has 4 rings (SSSR count). The third-order valence-corrected chi connectivity index (χ3v) is 4.68. The van der Waals surface area contributed by atoms with E-state index < -0.39 is 0 Å². The molecule has 10 nitrogen and oxygen atoms in total. The number of carbonyl (C=O) groups excluding carboxylic acids is 2. The second-order valence-corrected chi connectivity index (χ2v) is 7.84. The van der Waals surface area contributed by atoms with E-state index >= 15 is 0 Å². The molecule has 0 aliphatic carbocycles. The Morgan fingerprint density at radius 3 is 2.44 bits per heavy atom. The molecule has 0 saturated carbocycles. The van der Waals surface area contributed by atoms with Gasteiger partial charge in [-0.1, -0.05) is 0 Å². The minimum Gasteiger partial charge on any atom is -0.383 e. The van der Waals surface area contributed by atoms with Crippen molar-refractivity contribution in [3.63, 3.8) is 0 Å². The number of hydrogen-bond acceptors (Lipinski definition) is 8. The minimum absolute atomic E-state index is 0.151. The number of carbonyl (C=O) groups is 2. The molecule has 4 aromatic rings. The Morgan fingerprint density at radius 1 is 1.09 bits per heavy atom. The highest BCUT2D eigenvalue weighted by molar-refractivity contribution is 6.06. The van der Waals surface area contributed by atoms with Crippen molar-refractivity contribution in [2.75, 3.05) is 38.8 Å². The predicted molar refractivity (Wildman–Crippen MR) is 130 cm³/mol. The average molecular weight is 457 g/mol. The van der Waals surface area contributed by atoms with Crippen molar-refractivity contribution in [3.05, 3.63) is 71.8 Å². The molecular weight excluding hydrogens is 432 g/mol. The van der Waals surface area contributed by atoms with Gasteiger partial charge in [0.25, 0.3) is 5.91 Å². The van der Waals surface area contributed by atoms with Gasteiger partial charge in [-0.25, -0.2) is 14.5 Å². The van der Waals surface area contributed by atoms with Crippen LogP contribution in [0.1, 0.15) is 26.3 Å². The van der Waals surface area contributed by atoms with Crippen LogP contribution in [0.3, 0.4) is 0 Å². The van der Waals surface area contributed by atoms with Crippen LogP contribution < -0.4 is 10.6 Å². The standard InChI is InChI=1S/C21H15N7O2.C3H9N/c1-27(19-3-2-13(8-22)9-24-19)21(30)14-4-5-28-18(7-14)17(11-26-28)15-6-16(12-29)20(23)25-10-15;1-4(2)3/h2-7,9-12H,1H3,(H2,23,25);1-3H3. The number of nitriles is 1. The number of rotatable bonds is 4. The van der Waals surface area contributed by atoms with Crippen molar-refractivity contribution < 1.29 is 9.59 Å². The first-order chi connectivity index (χ1) is 16.2. The van der Waals surface area contributed by atoms with Gasteiger partial charge in [-0.05, 0) is 51.5 Å². The number of fused-ring (bicyclic) bond motifs is 1. The molecule has 0 fully saturated rings. The van der Waals surface area contributed by atoms with Gasteiger partial charge in [-0.3, -0.25) is 14.5 Å². The van der Waals surface area contributed by atoms with E-state index in [-0.39, 0.29) is 17.3 Å².